The third-order valence-electron chi connectivity index (χ3n) is 2.82. The van der Waals surface area contributed by atoms with Crippen molar-refractivity contribution in [2.75, 3.05) is 5.75 Å². The normalized spacial score (nSPS) is 33.7. The monoisotopic (exact) mass is 212 g/mol. The SMILES string of the molecule is CCS(=O)(O)(O)C1CCC(F)CC1. The Bertz CT molecular complexity index is 240. The van der Waals surface area contributed by atoms with Crippen molar-refractivity contribution in [2.24, 2.45) is 0 Å². The van der Waals surface area contributed by atoms with E-state index < -0.39 is 21.0 Å². The lowest BCUT2D eigenvalue weighted by molar-refractivity contribution is 0.240. The molecule has 80 valence electrons. The van der Waals surface area contributed by atoms with Crippen molar-refractivity contribution >= 4 is 9.63 Å². The third kappa shape index (κ3) is 2.48. The highest BCUT2D eigenvalue weighted by Gasteiger charge is 2.40. The van der Waals surface area contributed by atoms with Crippen molar-refractivity contribution in [3.8, 4) is 0 Å². The minimum Gasteiger partial charge on any atom is -0.307 e. The minimum atomic E-state index is -4.44. The van der Waals surface area contributed by atoms with Crippen molar-refractivity contribution in [1.29, 1.82) is 0 Å². The highest BCUT2D eigenvalue weighted by molar-refractivity contribution is 8.10. The summed E-state index contributed by atoms with van der Waals surface area (Å²) >= 11 is 0. The molecule has 0 atom stereocenters. The predicted octanol–water partition coefficient (Wildman–Crippen LogP) is 2.05. The summed E-state index contributed by atoms with van der Waals surface area (Å²) in [4.78, 5) is 0. The van der Waals surface area contributed by atoms with Gasteiger partial charge in [-0.25, -0.2) is 8.60 Å². The minimum absolute atomic E-state index is 0.154. The summed E-state index contributed by atoms with van der Waals surface area (Å²) in [6.45, 7) is 1.48. The van der Waals surface area contributed by atoms with Crippen LogP contribution < -0.4 is 0 Å². The van der Waals surface area contributed by atoms with Crippen molar-refractivity contribution in [3.63, 3.8) is 0 Å². The first-order valence-electron chi connectivity index (χ1n) is 4.61. The van der Waals surface area contributed by atoms with E-state index in [2.05, 4.69) is 0 Å². The van der Waals surface area contributed by atoms with Gasteiger partial charge in [0, 0.05) is 5.75 Å². The van der Waals surface area contributed by atoms with Crippen LogP contribution in [0.1, 0.15) is 32.6 Å². The van der Waals surface area contributed by atoms with Crippen molar-refractivity contribution in [2.45, 2.75) is 44.0 Å². The lowest BCUT2D eigenvalue weighted by Gasteiger charge is -2.40. The van der Waals surface area contributed by atoms with Gasteiger partial charge in [-0.15, -0.1) is 0 Å². The van der Waals surface area contributed by atoms with Gasteiger partial charge in [0.15, 0.2) is 0 Å². The Morgan fingerprint density at radius 3 is 2.15 bits per heavy atom. The second-order valence-corrected chi connectivity index (χ2v) is 7.15. The van der Waals surface area contributed by atoms with E-state index in [-0.39, 0.29) is 5.75 Å². The summed E-state index contributed by atoms with van der Waals surface area (Å²) in [5.74, 6) is -0.154. The molecule has 1 aliphatic carbocycles. The van der Waals surface area contributed by atoms with Gasteiger partial charge in [0.1, 0.15) is 6.17 Å². The molecule has 1 fully saturated rings. The highest BCUT2D eigenvalue weighted by Crippen LogP contribution is 2.35. The zero-order chi connectivity index (χ0) is 10.1. The molecule has 0 aliphatic heterocycles. The quantitative estimate of drug-likeness (QED) is 0.736. The van der Waals surface area contributed by atoms with Crippen LogP contribution in [0.4, 0.5) is 4.39 Å². The van der Waals surface area contributed by atoms with Crippen LogP contribution in [0.25, 0.3) is 0 Å². The molecule has 3 nitrogen and oxygen atoms in total. The molecule has 1 saturated carbocycles. The molecule has 0 amide bonds. The van der Waals surface area contributed by atoms with Crippen molar-refractivity contribution < 1.29 is 17.7 Å². The maximum Gasteiger partial charge on any atom is 0.100 e. The number of hydrogen-bond donors (Lipinski definition) is 2. The maximum absolute atomic E-state index is 12.7. The third-order valence-corrected chi connectivity index (χ3v) is 5.71. The Kier molecular flexibility index (Phi) is 2.81. The van der Waals surface area contributed by atoms with Gasteiger partial charge in [0.25, 0.3) is 0 Å². The van der Waals surface area contributed by atoms with Gasteiger partial charge in [-0.3, -0.25) is 0 Å². The highest BCUT2D eigenvalue weighted by atomic mass is 32.3. The fraction of sp³-hybridized carbons (Fsp3) is 1.00. The lowest BCUT2D eigenvalue weighted by atomic mass is 9.98. The molecule has 0 radical (unpaired) electrons. The van der Waals surface area contributed by atoms with E-state index in [0.29, 0.717) is 25.7 Å². The molecule has 0 unspecified atom stereocenters. The second kappa shape index (κ2) is 3.29. The fourth-order valence-electron chi connectivity index (χ4n) is 1.73. The molecule has 0 heterocycles. The van der Waals surface area contributed by atoms with Gasteiger partial charge < -0.3 is 9.11 Å². The van der Waals surface area contributed by atoms with E-state index in [9.17, 15) is 17.7 Å². The molecule has 0 aromatic rings. The second-order valence-electron chi connectivity index (χ2n) is 3.74. The van der Waals surface area contributed by atoms with Gasteiger partial charge >= 0.3 is 0 Å². The molecule has 1 aliphatic rings. The molecule has 0 spiro atoms. The Labute approximate surface area is 77.8 Å². The molecule has 0 bridgehead atoms. The van der Waals surface area contributed by atoms with Crippen molar-refractivity contribution in [3.05, 3.63) is 0 Å². The zero-order valence-corrected chi connectivity index (χ0v) is 8.60. The van der Waals surface area contributed by atoms with Crippen LogP contribution in [0.2, 0.25) is 0 Å². The molecular weight excluding hydrogens is 195 g/mol. The van der Waals surface area contributed by atoms with Crippen molar-refractivity contribution in [1.82, 2.24) is 0 Å². The summed E-state index contributed by atoms with van der Waals surface area (Å²) in [5, 5.41) is -0.631. The first-order valence-corrected chi connectivity index (χ1v) is 6.73. The van der Waals surface area contributed by atoms with Gasteiger partial charge in [-0.1, -0.05) is 6.92 Å². The molecule has 13 heavy (non-hydrogen) atoms. The Morgan fingerprint density at radius 1 is 1.31 bits per heavy atom. The average molecular weight is 212 g/mol. The van der Waals surface area contributed by atoms with Crippen LogP contribution in [0.3, 0.4) is 0 Å². The smallest absolute Gasteiger partial charge is 0.100 e. The standard InChI is InChI=1S/C8H17FO3S/c1-2-13(10,11,12)8-5-3-7(9)4-6-8/h7-8H,2-6H2,1H3,(H2,10,11,12). The molecule has 0 saturated heterocycles. The number of rotatable bonds is 2. The van der Waals surface area contributed by atoms with E-state index in [1.165, 1.54) is 6.92 Å². The summed E-state index contributed by atoms with van der Waals surface area (Å²) in [6.07, 6.45) is 0.345. The van der Waals surface area contributed by atoms with E-state index >= 15 is 0 Å². The average Bonchev–Trinajstić information content (AvgIpc) is 2.05. The topological polar surface area (TPSA) is 57.5 Å². The largest absolute Gasteiger partial charge is 0.307 e. The van der Waals surface area contributed by atoms with E-state index in [1.807, 2.05) is 0 Å². The molecule has 0 aromatic carbocycles. The van der Waals surface area contributed by atoms with Crippen LogP contribution in [-0.2, 0) is 9.63 Å². The van der Waals surface area contributed by atoms with Crippen LogP contribution in [0, 0.1) is 0 Å². The van der Waals surface area contributed by atoms with Gasteiger partial charge in [-0.05, 0) is 25.7 Å². The lowest BCUT2D eigenvalue weighted by Crippen LogP contribution is -2.47. The fourth-order valence-corrected chi connectivity index (χ4v) is 3.42. The zero-order valence-electron chi connectivity index (χ0n) is 7.78. The van der Waals surface area contributed by atoms with Crippen LogP contribution in [-0.4, -0.2) is 30.5 Å². The Morgan fingerprint density at radius 2 is 1.77 bits per heavy atom. The van der Waals surface area contributed by atoms with Crippen LogP contribution in [0.5, 0.6) is 0 Å². The van der Waals surface area contributed by atoms with Gasteiger partial charge in [0.2, 0.25) is 0 Å². The first kappa shape index (κ1) is 11.1. The summed E-state index contributed by atoms with van der Waals surface area (Å²) in [7, 11) is -4.44. The van der Waals surface area contributed by atoms with E-state index in [0.717, 1.165) is 0 Å². The van der Waals surface area contributed by atoms with Gasteiger partial charge in [-0.2, -0.15) is 0 Å². The van der Waals surface area contributed by atoms with Gasteiger partial charge in [0.05, 0.1) is 14.9 Å². The van der Waals surface area contributed by atoms with E-state index in [1.54, 1.807) is 0 Å². The number of alkyl halides is 1. The maximum atomic E-state index is 12.7. The summed E-state index contributed by atoms with van der Waals surface area (Å²) < 4.78 is 43.3. The summed E-state index contributed by atoms with van der Waals surface area (Å²) in [6, 6.07) is 0. The molecular formula is C8H17FO3S. The molecule has 1 rings (SSSR count). The Hall–Kier alpha value is -0.0000000000000000555. The Balaban J connectivity index is 2.69. The molecule has 0 aromatic heterocycles. The van der Waals surface area contributed by atoms with Crippen LogP contribution in [0.15, 0.2) is 0 Å². The number of halogens is 1. The molecule has 2 N–H and O–H groups in total. The van der Waals surface area contributed by atoms with Crippen LogP contribution >= 0.6 is 0 Å². The molecule has 5 heteroatoms. The first-order chi connectivity index (χ1) is 5.83. The van der Waals surface area contributed by atoms with E-state index in [4.69, 9.17) is 0 Å². The number of hydrogen-bond acceptors (Lipinski definition) is 1. The predicted molar refractivity (Wildman–Crippen MR) is 51.1 cm³/mol. The summed E-state index contributed by atoms with van der Waals surface area (Å²) in [5.41, 5.74) is 0.